The largest absolute Gasteiger partial charge is 0.479 e. The maximum atomic E-state index is 12.7. The van der Waals surface area contributed by atoms with E-state index < -0.39 is 23.8 Å². The monoisotopic (exact) mass is 323 g/mol. The maximum absolute atomic E-state index is 12.7. The van der Waals surface area contributed by atoms with E-state index in [-0.39, 0.29) is 23.4 Å². The summed E-state index contributed by atoms with van der Waals surface area (Å²) in [7, 11) is 0. The third kappa shape index (κ3) is 4.01. The van der Waals surface area contributed by atoms with Crippen LogP contribution in [0.5, 0.6) is 0 Å². The molecular formula is C13H13ClF3NO3. The van der Waals surface area contributed by atoms with Gasteiger partial charge in [0, 0.05) is 12.2 Å². The predicted molar refractivity (Wildman–Crippen MR) is 70.5 cm³/mol. The highest BCUT2D eigenvalue weighted by atomic mass is 35.5. The lowest BCUT2D eigenvalue weighted by Crippen LogP contribution is -2.24. The first-order chi connectivity index (χ1) is 9.77. The Morgan fingerprint density at radius 3 is 2.71 bits per heavy atom. The lowest BCUT2D eigenvalue weighted by Gasteiger charge is -2.15. The highest BCUT2D eigenvalue weighted by Gasteiger charge is 2.34. The molecule has 0 radical (unpaired) electrons. The highest BCUT2D eigenvalue weighted by molar-refractivity contribution is 6.31. The van der Waals surface area contributed by atoms with Gasteiger partial charge in [-0.05, 0) is 31.0 Å². The number of carbonyl (C=O) groups is 1. The Labute approximate surface area is 123 Å². The average molecular weight is 324 g/mol. The molecular weight excluding hydrogens is 311 g/mol. The first-order valence-electron chi connectivity index (χ1n) is 6.26. The Bertz CT molecular complexity index is 536. The molecule has 0 amide bonds. The van der Waals surface area contributed by atoms with Gasteiger partial charge in [0.05, 0.1) is 16.7 Å². The maximum Gasteiger partial charge on any atom is 0.417 e. The van der Waals surface area contributed by atoms with E-state index in [1.165, 1.54) is 12.1 Å². The summed E-state index contributed by atoms with van der Waals surface area (Å²) in [5, 5.41) is 11.2. The number of carboxylic acid groups (broad SMARTS) is 1. The van der Waals surface area contributed by atoms with Crippen molar-refractivity contribution in [3.8, 4) is 0 Å². The van der Waals surface area contributed by atoms with Gasteiger partial charge in [-0.15, -0.1) is 0 Å². The summed E-state index contributed by atoms with van der Waals surface area (Å²) in [5.74, 6) is -1.02. The van der Waals surface area contributed by atoms with E-state index in [1.54, 1.807) is 0 Å². The number of aliphatic carboxylic acids is 1. The Morgan fingerprint density at radius 1 is 1.43 bits per heavy atom. The molecule has 2 unspecified atom stereocenters. The quantitative estimate of drug-likeness (QED) is 0.891. The SMILES string of the molecule is O=C(O)C1CCC(CNc2ccc(Cl)c(C(F)(F)F)c2)O1. The summed E-state index contributed by atoms with van der Waals surface area (Å²) in [4.78, 5) is 10.7. The molecule has 1 aromatic carbocycles. The van der Waals surface area contributed by atoms with Crippen LogP contribution in [0.2, 0.25) is 5.02 Å². The third-order valence-corrected chi connectivity index (χ3v) is 3.52. The minimum Gasteiger partial charge on any atom is -0.479 e. The van der Waals surface area contributed by atoms with Crippen LogP contribution in [0.4, 0.5) is 18.9 Å². The van der Waals surface area contributed by atoms with Crippen LogP contribution in [0.15, 0.2) is 18.2 Å². The van der Waals surface area contributed by atoms with Gasteiger partial charge in [-0.25, -0.2) is 4.79 Å². The van der Waals surface area contributed by atoms with Crippen molar-refractivity contribution >= 4 is 23.3 Å². The number of hydrogen-bond acceptors (Lipinski definition) is 3. The third-order valence-electron chi connectivity index (χ3n) is 3.19. The fourth-order valence-electron chi connectivity index (χ4n) is 2.12. The van der Waals surface area contributed by atoms with Gasteiger partial charge in [0.2, 0.25) is 0 Å². The van der Waals surface area contributed by atoms with Crippen molar-refractivity contribution in [3.05, 3.63) is 28.8 Å². The lowest BCUT2D eigenvalue weighted by atomic mass is 10.1. The van der Waals surface area contributed by atoms with Crippen LogP contribution in [0, 0.1) is 0 Å². The zero-order valence-electron chi connectivity index (χ0n) is 10.8. The minimum atomic E-state index is -4.52. The normalized spacial score (nSPS) is 22.3. The number of alkyl halides is 3. The molecule has 1 saturated heterocycles. The van der Waals surface area contributed by atoms with E-state index in [2.05, 4.69) is 5.32 Å². The zero-order valence-corrected chi connectivity index (χ0v) is 11.5. The molecule has 1 heterocycles. The molecule has 2 N–H and O–H groups in total. The van der Waals surface area contributed by atoms with Gasteiger partial charge in [0.25, 0.3) is 0 Å². The van der Waals surface area contributed by atoms with Crippen LogP contribution in [0.3, 0.4) is 0 Å². The number of nitrogens with one attached hydrogen (secondary N) is 1. The van der Waals surface area contributed by atoms with Crippen molar-refractivity contribution in [2.24, 2.45) is 0 Å². The van der Waals surface area contributed by atoms with Crippen LogP contribution >= 0.6 is 11.6 Å². The second kappa shape index (κ2) is 6.11. The van der Waals surface area contributed by atoms with E-state index in [9.17, 15) is 18.0 Å². The van der Waals surface area contributed by atoms with Crippen molar-refractivity contribution in [1.29, 1.82) is 0 Å². The van der Waals surface area contributed by atoms with E-state index in [1.807, 2.05) is 0 Å². The number of anilines is 1. The molecule has 21 heavy (non-hydrogen) atoms. The van der Waals surface area contributed by atoms with Crippen molar-refractivity contribution in [2.75, 3.05) is 11.9 Å². The first-order valence-corrected chi connectivity index (χ1v) is 6.64. The van der Waals surface area contributed by atoms with E-state index in [0.29, 0.717) is 12.8 Å². The van der Waals surface area contributed by atoms with Gasteiger partial charge >= 0.3 is 12.1 Å². The Hall–Kier alpha value is -1.47. The summed E-state index contributed by atoms with van der Waals surface area (Å²) in [6.45, 7) is 0.239. The van der Waals surface area contributed by atoms with Gasteiger partial charge in [-0.1, -0.05) is 11.6 Å². The summed E-state index contributed by atoms with van der Waals surface area (Å²) in [5.41, 5.74) is -0.654. The van der Waals surface area contributed by atoms with E-state index in [0.717, 1.165) is 6.07 Å². The smallest absolute Gasteiger partial charge is 0.417 e. The van der Waals surface area contributed by atoms with E-state index in [4.69, 9.17) is 21.4 Å². The number of carboxylic acids is 1. The highest BCUT2D eigenvalue weighted by Crippen LogP contribution is 2.36. The second-order valence-corrected chi connectivity index (χ2v) is 5.14. The van der Waals surface area contributed by atoms with Crippen molar-refractivity contribution in [2.45, 2.75) is 31.2 Å². The lowest BCUT2D eigenvalue weighted by molar-refractivity contribution is -0.149. The first kappa shape index (κ1) is 15.9. The van der Waals surface area contributed by atoms with Crippen LogP contribution in [0.1, 0.15) is 18.4 Å². The molecule has 2 atom stereocenters. The number of hydrogen-bond donors (Lipinski definition) is 2. The minimum absolute atomic E-state index is 0.239. The average Bonchev–Trinajstić information content (AvgIpc) is 2.85. The van der Waals surface area contributed by atoms with Crippen LogP contribution in [-0.4, -0.2) is 29.8 Å². The molecule has 1 aliphatic rings. The Kier molecular flexibility index (Phi) is 4.63. The molecule has 0 aliphatic carbocycles. The van der Waals surface area contributed by atoms with Crippen LogP contribution in [0.25, 0.3) is 0 Å². The molecule has 0 bridgehead atoms. The Balaban J connectivity index is 1.97. The van der Waals surface area contributed by atoms with Gasteiger partial charge in [-0.3, -0.25) is 0 Å². The van der Waals surface area contributed by atoms with Crippen molar-refractivity contribution in [1.82, 2.24) is 0 Å². The molecule has 1 aromatic rings. The molecule has 8 heteroatoms. The standard InChI is InChI=1S/C13H13ClF3NO3/c14-10-3-1-7(5-9(10)13(15,16)17)18-6-8-2-4-11(21-8)12(19)20/h1,3,5,8,11,18H,2,4,6H2,(H,19,20). The number of ether oxygens (including phenoxy) is 1. The fraction of sp³-hybridized carbons (Fsp3) is 0.462. The summed E-state index contributed by atoms with van der Waals surface area (Å²) in [6, 6.07) is 3.52. The zero-order chi connectivity index (χ0) is 15.6. The Morgan fingerprint density at radius 2 is 2.14 bits per heavy atom. The van der Waals surface area contributed by atoms with Gasteiger partial charge in [0.1, 0.15) is 0 Å². The van der Waals surface area contributed by atoms with Gasteiger partial charge < -0.3 is 15.2 Å². The van der Waals surface area contributed by atoms with Gasteiger partial charge in [-0.2, -0.15) is 13.2 Å². The molecule has 0 spiro atoms. The molecule has 0 saturated carbocycles. The predicted octanol–water partition coefficient (Wildman–Crippen LogP) is 3.40. The molecule has 4 nitrogen and oxygen atoms in total. The second-order valence-electron chi connectivity index (χ2n) is 4.74. The molecule has 116 valence electrons. The number of rotatable bonds is 4. The number of benzene rings is 1. The summed E-state index contributed by atoms with van der Waals surface area (Å²) >= 11 is 5.52. The molecule has 1 fully saturated rings. The fourth-order valence-corrected chi connectivity index (χ4v) is 2.35. The summed E-state index contributed by atoms with van der Waals surface area (Å²) in [6.07, 6.45) is -4.75. The van der Waals surface area contributed by atoms with Crippen LogP contribution in [-0.2, 0) is 15.7 Å². The van der Waals surface area contributed by atoms with Crippen molar-refractivity contribution in [3.63, 3.8) is 0 Å². The van der Waals surface area contributed by atoms with Crippen molar-refractivity contribution < 1.29 is 27.8 Å². The van der Waals surface area contributed by atoms with Gasteiger partial charge in [0.15, 0.2) is 6.10 Å². The number of halogens is 4. The molecule has 2 rings (SSSR count). The van der Waals surface area contributed by atoms with Crippen LogP contribution < -0.4 is 5.32 Å². The summed E-state index contributed by atoms with van der Waals surface area (Å²) < 4.78 is 43.4. The molecule has 1 aliphatic heterocycles. The van der Waals surface area contributed by atoms with E-state index >= 15 is 0 Å². The molecule has 0 aromatic heterocycles. The topological polar surface area (TPSA) is 58.6 Å².